The highest BCUT2D eigenvalue weighted by atomic mass is 79.9. The molecule has 4 nitrogen and oxygen atoms in total. The summed E-state index contributed by atoms with van der Waals surface area (Å²) in [5.74, 6) is -3.91. The summed E-state index contributed by atoms with van der Waals surface area (Å²) in [5.41, 5.74) is 5.38. The Kier molecular flexibility index (Phi) is 3.37. The van der Waals surface area contributed by atoms with Crippen LogP contribution in [0, 0.1) is 17.5 Å². The van der Waals surface area contributed by atoms with Crippen LogP contribution in [0.2, 0.25) is 0 Å². The lowest BCUT2D eigenvalue weighted by Gasteiger charge is -2.08. The fourth-order valence-electron chi connectivity index (χ4n) is 1.23. The summed E-state index contributed by atoms with van der Waals surface area (Å²) in [4.78, 5) is 7.52. The lowest BCUT2D eigenvalue weighted by Crippen LogP contribution is -2.02. The highest BCUT2D eigenvalue weighted by Crippen LogP contribution is 2.25. The van der Waals surface area contributed by atoms with Gasteiger partial charge >= 0.3 is 0 Å². The summed E-state index contributed by atoms with van der Waals surface area (Å²) >= 11 is 3.13. The first-order valence-electron chi connectivity index (χ1n) is 4.67. The maximum absolute atomic E-state index is 13.0. The Morgan fingerprint density at radius 3 is 2.39 bits per heavy atom. The summed E-state index contributed by atoms with van der Waals surface area (Å²) in [5, 5.41) is 2.60. The Morgan fingerprint density at radius 2 is 1.78 bits per heavy atom. The minimum absolute atomic E-state index is 0.00481. The number of anilines is 3. The second kappa shape index (κ2) is 4.81. The number of hydrogen-bond acceptors (Lipinski definition) is 4. The number of aromatic nitrogens is 2. The van der Waals surface area contributed by atoms with Crippen molar-refractivity contribution in [2.75, 3.05) is 11.1 Å². The predicted molar refractivity (Wildman–Crippen MR) is 63.7 cm³/mol. The smallest absolute Gasteiger partial charge is 0.222 e. The maximum atomic E-state index is 13.0. The molecule has 8 heteroatoms. The highest BCUT2D eigenvalue weighted by Gasteiger charge is 2.12. The lowest BCUT2D eigenvalue weighted by molar-refractivity contribution is 0.448. The Balaban J connectivity index is 2.37. The average molecular weight is 319 g/mol. The third-order valence-corrected chi connectivity index (χ3v) is 2.59. The van der Waals surface area contributed by atoms with Crippen molar-refractivity contribution in [3.05, 3.63) is 40.3 Å². The number of halogens is 4. The minimum Gasteiger partial charge on any atom is -0.368 e. The first-order valence-corrected chi connectivity index (χ1v) is 5.46. The van der Waals surface area contributed by atoms with Crippen molar-refractivity contribution in [2.24, 2.45) is 0 Å². The predicted octanol–water partition coefficient (Wildman–Crippen LogP) is 2.98. The van der Waals surface area contributed by atoms with Crippen LogP contribution >= 0.6 is 15.9 Å². The van der Waals surface area contributed by atoms with Crippen LogP contribution < -0.4 is 11.1 Å². The van der Waals surface area contributed by atoms with Crippen LogP contribution in [0.1, 0.15) is 0 Å². The Bertz CT molecular complexity index is 583. The van der Waals surface area contributed by atoms with Crippen molar-refractivity contribution in [3.8, 4) is 0 Å². The standard InChI is InChI=1S/C10H6BrF3N4/c11-5-3-16-10(15)18-9(5)17-4-1-6(12)8(14)7(13)2-4/h1-3H,(H3,15,16,17,18). The van der Waals surface area contributed by atoms with Gasteiger partial charge in [0.25, 0.3) is 0 Å². The van der Waals surface area contributed by atoms with Crippen LogP contribution in [0.5, 0.6) is 0 Å². The Hall–Kier alpha value is -1.83. The lowest BCUT2D eigenvalue weighted by atomic mass is 10.3. The molecule has 0 bridgehead atoms. The molecule has 2 rings (SSSR count). The van der Waals surface area contributed by atoms with E-state index in [1.807, 2.05) is 0 Å². The SMILES string of the molecule is Nc1ncc(Br)c(Nc2cc(F)c(F)c(F)c2)n1. The van der Waals surface area contributed by atoms with Crippen LogP contribution in [0.25, 0.3) is 0 Å². The van der Waals surface area contributed by atoms with Gasteiger partial charge in [-0.15, -0.1) is 0 Å². The van der Waals surface area contributed by atoms with E-state index in [0.29, 0.717) is 4.47 Å². The van der Waals surface area contributed by atoms with E-state index in [4.69, 9.17) is 5.73 Å². The molecule has 18 heavy (non-hydrogen) atoms. The van der Waals surface area contributed by atoms with Gasteiger partial charge in [0.2, 0.25) is 5.95 Å². The molecule has 0 aliphatic heterocycles. The van der Waals surface area contributed by atoms with Gasteiger partial charge in [-0.2, -0.15) is 4.98 Å². The zero-order valence-corrected chi connectivity index (χ0v) is 10.3. The molecular formula is C10H6BrF3N4. The van der Waals surface area contributed by atoms with Crippen LogP contribution in [0.4, 0.5) is 30.6 Å². The maximum Gasteiger partial charge on any atom is 0.222 e. The van der Waals surface area contributed by atoms with Gasteiger partial charge < -0.3 is 11.1 Å². The van der Waals surface area contributed by atoms with Gasteiger partial charge in [-0.1, -0.05) is 0 Å². The molecule has 0 atom stereocenters. The summed E-state index contributed by atoms with van der Waals surface area (Å²) in [6.45, 7) is 0. The molecule has 0 aliphatic rings. The van der Waals surface area contributed by atoms with E-state index < -0.39 is 17.5 Å². The molecule has 2 aromatic rings. The molecule has 0 saturated carbocycles. The van der Waals surface area contributed by atoms with Crippen molar-refractivity contribution < 1.29 is 13.2 Å². The van der Waals surface area contributed by atoms with Gasteiger partial charge in [-0.25, -0.2) is 18.2 Å². The molecule has 0 aliphatic carbocycles. The number of nitrogen functional groups attached to an aromatic ring is 1. The van der Waals surface area contributed by atoms with Crippen LogP contribution in [-0.4, -0.2) is 9.97 Å². The summed E-state index contributed by atoms with van der Waals surface area (Å²) in [6.07, 6.45) is 1.38. The van der Waals surface area contributed by atoms with E-state index in [2.05, 4.69) is 31.2 Å². The zero-order chi connectivity index (χ0) is 13.3. The van der Waals surface area contributed by atoms with Crippen molar-refractivity contribution in [1.29, 1.82) is 0 Å². The minimum atomic E-state index is -1.53. The van der Waals surface area contributed by atoms with Crippen LogP contribution in [0.3, 0.4) is 0 Å². The van der Waals surface area contributed by atoms with Crippen molar-refractivity contribution in [1.82, 2.24) is 9.97 Å². The number of nitrogens with one attached hydrogen (secondary N) is 1. The largest absolute Gasteiger partial charge is 0.368 e. The molecule has 1 aromatic heterocycles. The van der Waals surface area contributed by atoms with E-state index in [1.54, 1.807) is 0 Å². The molecule has 0 unspecified atom stereocenters. The van der Waals surface area contributed by atoms with Gasteiger partial charge in [-0.3, -0.25) is 0 Å². The third kappa shape index (κ3) is 2.53. The monoisotopic (exact) mass is 318 g/mol. The molecule has 0 amide bonds. The summed E-state index contributed by atoms with van der Waals surface area (Å²) < 4.78 is 39.2. The van der Waals surface area contributed by atoms with E-state index >= 15 is 0 Å². The second-order valence-electron chi connectivity index (χ2n) is 3.30. The van der Waals surface area contributed by atoms with Gasteiger partial charge in [-0.05, 0) is 15.9 Å². The number of rotatable bonds is 2. The second-order valence-corrected chi connectivity index (χ2v) is 4.16. The summed E-state index contributed by atoms with van der Waals surface area (Å²) in [6, 6.07) is 1.62. The Labute approximate surface area is 108 Å². The van der Waals surface area contributed by atoms with E-state index in [9.17, 15) is 13.2 Å². The summed E-state index contributed by atoms with van der Waals surface area (Å²) in [7, 11) is 0. The first-order chi connectivity index (χ1) is 8.47. The van der Waals surface area contributed by atoms with Crippen molar-refractivity contribution in [2.45, 2.75) is 0 Å². The quantitative estimate of drug-likeness (QED) is 0.835. The van der Waals surface area contributed by atoms with Crippen molar-refractivity contribution in [3.63, 3.8) is 0 Å². The zero-order valence-electron chi connectivity index (χ0n) is 8.72. The number of hydrogen-bond donors (Lipinski definition) is 2. The van der Waals surface area contributed by atoms with E-state index in [-0.39, 0.29) is 17.5 Å². The molecule has 3 N–H and O–H groups in total. The fourth-order valence-corrected chi connectivity index (χ4v) is 1.52. The van der Waals surface area contributed by atoms with E-state index in [0.717, 1.165) is 12.1 Å². The molecule has 0 spiro atoms. The van der Waals surface area contributed by atoms with Crippen LogP contribution in [0.15, 0.2) is 22.8 Å². The molecule has 0 fully saturated rings. The van der Waals surface area contributed by atoms with Crippen LogP contribution in [-0.2, 0) is 0 Å². The van der Waals surface area contributed by atoms with Gasteiger partial charge in [0.1, 0.15) is 5.82 Å². The normalized spacial score (nSPS) is 10.4. The number of nitrogens with zero attached hydrogens (tertiary/aromatic N) is 2. The number of benzene rings is 1. The molecular weight excluding hydrogens is 313 g/mol. The molecule has 1 aromatic carbocycles. The Morgan fingerprint density at radius 1 is 1.17 bits per heavy atom. The average Bonchev–Trinajstić information content (AvgIpc) is 2.31. The molecule has 94 valence electrons. The van der Waals surface area contributed by atoms with E-state index in [1.165, 1.54) is 6.20 Å². The van der Waals surface area contributed by atoms with Crippen molar-refractivity contribution >= 4 is 33.4 Å². The molecule has 1 heterocycles. The third-order valence-electron chi connectivity index (χ3n) is 2.01. The number of nitrogens with two attached hydrogens (primary N) is 1. The van der Waals surface area contributed by atoms with Gasteiger partial charge in [0.15, 0.2) is 17.5 Å². The van der Waals surface area contributed by atoms with Gasteiger partial charge in [0.05, 0.1) is 4.47 Å². The highest BCUT2D eigenvalue weighted by molar-refractivity contribution is 9.10. The fraction of sp³-hybridized carbons (Fsp3) is 0. The molecule has 0 saturated heterocycles. The molecule has 0 radical (unpaired) electrons. The first kappa shape index (κ1) is 12.6. The van der Waals surface area contributed by atoms with Gasteiger partial charge in [0, 0.05) is 24.0 Å². The topological polar surface area (TPSA) is 63.8 Å².